The number of halogens is 1. The Morgan fingerprint density at radius 2 is 2.06 bits per heavy atom. The van der Waals surface area contributed by atoms with Crippen LogP contribution in [0.1, 0.15) is 27.3 Å². The number of hydrogen-bond donors (Lipinski definition) is 0. The number of hydrogen-bond acceptors (Lipinski definition) is 2. The zero-order valence-corrected chi connectivity index (χ0v) is 11.7. The molecule has 2 aromatic rings. The number of nitriles is 1. The van der Waals surface area contributed by atoms with E-state index in [1.165, 1.54) is 0 Å². The lowest BCUT2D eigenvalue weighted by molar-refractivity contribution is 0.112. The molecule has 1 aromatic carbocycles. The molecule has 0 aliphatic heterocycles. The van der Waals surface area contributed by atoms with Gasteiger partial charge in [0.05, 0.1) is 11.3 Å². The van der Waals surface area contributed by atoms with Crippen molar-refractivity contribution in [2.24, 2.45) is 0 Å². The monoisotopic (exact) mass is 302 g/mol. The van der Waals surface area contributed by atoms with Gasteiger partial charge in [0.2, 0.25) is 0 Å². The quantitative estimate of drug-likeness (QED) is 0.797. The summed E-state index contributed by atoms with van der Waals surface area (Å²) in [5.74, 6) is 0. The predicted octanol–water partition coefficient (Wildman–Crippen LogP) is 3.54. The van der Waals surface area contributed by atoms with Crippen LogP contribution in [0, 0.1) is 25.2 Å². The van der Waals surface area contributed by atoms with Gasteiger partial charge in [-0.25, -0.2) is 0 Å². The van der Waals surface area contributed by atoms with E-state index >= 15 is 0 Å². The predicted molar refractivity (Wildman–Crippen MR) is 73.0 cm³/mol. The van der Waals surface area contributed by atoms with Gasteiger partial charge in [-0.15, -0.1) is 0 Å². The summed E-state index contributed by atoms with van der Waals surface area (Å²) in [4.78, 5) is 10.9. The lowest BCUT2D eigenvalue weighted by Crippen LogP contribution is -2.02. The fourth-order valence-corrected chi connectivity index (χ4v) is 2.43. The Balaban J connectivity index is 2.74. The minimum atomic E-state index is 0.573. The van der Waals surface area contributed by atoms with Gasteiger partial charge < -0.3 is 4.57 Å². The van der Waals surface area contributed by atoms with Crippen LogP contribution < -0.4 is 0 Å². The molecule has 0 radical (unpaired) electrons. The summed E-state index contributed by atoms with van der Waals surface area (Å²) >= 11 is 3.35. The van der Waals surface area contributed by atoms with Crippen molar-refractivity contribution >= 4 is 22.2 Å². The Labute approximate surface area is 114 Å². The van der Waals surface area contributed by atoms with Gasteiger partial charge >= 0.3 is 0 Å². The van der Waals surface area contributed by atoms with Crippen LogP contribution in [0.3, 0.4) is 0 Å². The van der Waals surface area contributed by atoms with Crippen molar-refractivity contribution < 1.29 is 4.79 Å². The van der Waals surface area contributed by atoms with Crippen molar-refractivity contribution in [1.29, 1.82) is 5.26 Å². The van der Waals surface area contributed by atoms with E-state index in [0.29, 0.717) is 11.1 Å². The van der Waals surface area contributed by atoms with E-state index in [4.69, 9.17) is 0 Å². The zero-order valence-electron chi connectivity index (χ0n) is 10.1. The molecule has 4 heteroatoms. The average molecular weight is 303 g/mol. The van der Waals surface area contributed by atoms with Crippen molar-refractivity contribution in [1.82, 2.24) is 4.57 Å². The van der Waals surface area contributed by atoms with Gasteiger partial charge in [0.25, 0.3) is 0 Å². The molecule has 0 unspecified atom stereocenters. The Bertz CT molecular complexity index is 665. The Hall–Kier alpha value is -1.86. The van der Waals surface area contributed by atoms with Crippen molar-refractivity contribution in [3.8, 4) is 11.8 Å². The Kier molecular flexibility index (Phi) is 3.35. The number of aldehydes is 1. The smallest absolute Gasteiger partial charge is 0.151 e. The maximum absolute atomic E-state index is 10.9. The molecule has 0 bridgehead atoms. The van der Waals surface area contributed by atoms with Crippen LogP contribution >= 0.6 is 15.9 Å². The highest BCUT2D eigenvalue weighted by Crippen LogP contribution is 2.24. The van der Waals surface area contributed by atoms with E-state index in [9.17, 15) is 10.1 Å². The molecule has 0 saturated heterocycles. The van der Waals surface area contributed by atoms with E-state index in [0.717, 1.165) is 27.8 Å². The number of nitrogens with zero attached hydrogens (tertiary/aromatic N) is 2. The number of benzene rings is 1. The SMILES string of the molecule is Cc1cc(C=O)c(C)n1-c1ccc(Br)cc1C#N. The van der Waals surface area contributed by atoms with Crippen molar-refractivity contribution in [3.05, 3.63) is 51.3 Å². The molecular formula is C14H11BrN2O. The molecule has 1 aromatic heterocycles. The second kappa shape index (κ2) is 4.79. The third-order valence-corrected chi connectivity index (χ3v) is 3.41. The second-order valence-electron chi connectivity index (χ2n) is 4.05. The number of rotatable bonds is 2. The largest absolute Gasteiger partial charge is 0.316 e. The Morgan fingerprint density at radius 1 is 1.33 bits per heavy atom. The van der Waals surface area contributed by atoms with E-state index in [1.54, 1.807) is 6.07 Å². The highest BCUT2D eigenvalue weighted by Gasteiger charge is 2.13. The van der Waals surface area contributed by atoms with Gasteiger partial charge in [-0.2, -0.15) is 5.26 Å². The molecule has 0 aliphatic rings. The van der Waals surface area contributed by atoms with Crippen molar-refractivity contribution in [2.45, 2.75) is 13.8 Å². The average Bonchev–Trinajstić information content (AvgIpc) is 2.64. The summed E-state index contributed by atoms with van der Waals surface area (Å²) in [5.41, 5.74) is 3.81. The minimum Gasteiger partial charge on any atom is -0.316 e. The number of aromatic nitrogens is 1. The van der Waals surface area contributed by atoms with Gasteiger partial charge in [-0.3, -0.25) is 4.79 Å². The summed E-state index contributed by atoms with van der Waals surface area (Å²) < 4.78 is 2.79. The number of aryl methyl sites for hydroxylation is 1. The normalized spacial score (nSPS) is 10.1. The van der Waals surface area contributed by atoms with Crippen LogP contribution in [0.15, 0.2) is 28.7 Å². The molecule has 0 amide bonds. The van der Waals surface area contributed by atoms with Gasteiger partial charge in [0.15, 0.2) is 6.29 Å². The first-order valence-corrected chi connectivity index (χ1v) is 6.22. The number of carbonyl (C=O) groups excluding carboxylic acids is 1. The molecule has 0 spiro atoms. The third-order valence-electron chi connectivity index (χ3n) is 2.92. The van der Waals surface area contributed by atoms with Crippen molar-refractivity contribution in [2.75, 3.05) is 0 Å². The summed E-state index contributed by atoms with van der Waals surface area (Å²) in [6, 6.07) is 9.53. The maximum Gasteiger partial charge on any atom is 0.151 e. The van der Waals surface area contributed by atoms with Gasteiger partial charge in [0, 0.05) is 21.4 Å². The van der Waals surface area contributed by atoms with Crippen LogP contribution in [0.5, 0.6) is 0 Å². The first kappa shape index (κ1) is 12.6. The highest BCUT2D eigenvalue weighted by molar-refractivity contribution is 9.10. The van der Waals surface area contributed by atoms with E-state index in [2.05, 4.69) is 22.0 Å². The van der Waals surface area contributed by atoms with Gasteiger partial charge in [0.1, 0.15) is 6.07 Å². The van der Waals surface area contributed by atoms with Crippen molar-refractivity contribution in [3.63, 3.8) is 0 Å². The highest BCUT2D eigenvalue weighted by atomic mass is 79.9. The lowest BCUT2D eigenvalue weighted by Gasteiger charge is -2.11. The summed E-state index contributed by atoms with van der Waals surface area (Å²) in [5, 5.41) is 9.20. The zero-order chi connectivity index (χ0) is 13.3. The molecule has 0 saturated carbocycles. The van der Waals surface area contributed by atoms with Crippen LogP contribution in [0.2, 0.25) is 0 Å². The fraction of sp³-hybridized carbons (Fsp3) is 0.143. The topological polar surface area (TPSA) is 45.8 Å². The van der Waals surface area contributed by atoms with Gasteiger partial charge in [-0.1, -0.05) is 15.9 Å². The molecule has 90 valence electrons. The maximum atomic E-state index is 10.9. The summed E-state index contributed by atoms with van der Waals surface area (Å²) in [7, 11) is 0. The molecule has 0 N–H and O–H groups in total. The lowest BCUT2D eigenvalue weighted by atomic mass is 10.2. The van der Waals surface area contributed by atoms with Crippen LogP contribution in [0.4, 0.5) is 0 Å². The summed E-state index contributed by atoms with van der Waals surface area (Å²) in [6.45, 7) is 3.79. The molecular weight excluding hydrogens is 292 g/mol. The van der Waals surface area contributed by atoms with Gasteiger partial charge in [-0.05, 0) is 38.1 Å². The molecule has 0 fully saturated rings. The fourth-order valence-electron chi connectivity index (χ4n) is 2.07. The molecule has 0 atom stereocenters. The van der Waals surface area contributed by atoms with E-state index in [1.807, 2.05) is 36.6 Å². The third kappa shape index (κ3) is 1.98. The summed E-state index contributed by atoms with van der Waals surface area (Å²) in [6.07, 6.45) is 0.837. The van der Waals surface area contributed by atoms with Crippen LogP contribution in [-0.4, -0.2) is 10.9 Å². The molecule has 18 heavy (non-hydrogen) atoms. The molecule has 2 rings (SSSR count). The van der Waals surface area contributed by atoms with E-state index < -0.39 is 0 Å². The Morgan fingerprint density at radius 3 is 2.61 bits per heavy atom. The standard InChI is InChI=1S/C14H11BrN2O/c1-9-5-12(8-18)10(2)17(9)14-4-3-13(15)6-11(14)7-16/h3-6,8H,1-2H3. The molecule has 1 heterocycles. The first-order chi connectivity index (χ1) is 8.58. The molecule has 0 aliphatic carbocycles. The van der Waals surface area contributed by atoms with Crippen LogP contribution in [0.25, 0.3) is 5.69 Å². The first-order valence-electron chi connectivity index (χ1n) is 5.42. The second-order valence-corrected chi connectivity index (χ2v) is 4.97. The van der Waals surface area contributed by atoms with Crippen LogP contribution in [-0.2, 0) is 0 Å². The molecule has 3 nitrogen and oxygen atoms in total. The number of carbonyl (C=O) groups is 1. The minimum absolute atomic E-state index is 0.573. The van der Waals surface area contributed by atoms with E-state index in [-0.39, 0.29) is 0 Å².